The van der Waals surface area contributed by atoms with Crippen LogP contribution in [-0.2, 0) is 0 Å². The van der Waals surface area contributed by atoms with Crippen LogP contribution in [0.2, 0.25) is 0 Å². The fraction of sp³-hybridized carbons (Fsp3) is 0.333. The van der Waals surface area contributed by atoms with Crippen molar-refractivity contribution in [3.63, 3.8) is 0 Å². The summed E-state index contributed by atoms with van der Waals surface area (Å²) in [5, 5.41) is 8.67. The summed E-state index contributed by atoms with van der Waals surface area (Å²) >= 11 is 0. The van der Waals surface area contributed by atoms with E-state index in [-0.39, 0.29) is 0 Å². The Balaban J connectivity index is 2.03. The van der Waals surface area contributed by atoms with Gasteiger partial charge in [-0.3, -0.25) is 10.1 Å². The number of nitrogens with zero attached hydrogens (tertiary/aromatic N) is 2. The molecule has 0 unspecified atom stereocenters. The Morgan fingerprint density at radius 1 is 1.18 bits per heavy atom. The lowest BCUT2D eigenvalue weighted by atomic mass is 10.1. The number of ether oxygens (including phenoxy) is 1. The van der Waals surface area contributed by atoms with E-state index in [0.717, 1.165) is 39.3 Å². The van der Waals surface area contributed by atoms with Gasteiger partial charge in [0.1, 0.15) is 11.4 Å². The van der Waals surface area contributed by atoms with Crippen molar-refractivity contribution in [2.75, 3.05) is 6.61 Å². The summed E-state index contributed by atoms with van der Waals surface area (Å²) in [5.41, 5.74) is 4.98. The second kappa shape index (κ2) is 5.79. The van der Waals surface area contributed by atoms with Gasteiger partial charge in [0.2, 0.25) is 0 Å². The summed E-state index contributed by atoms with van der Waals surface area (Å²) in [6.45, 7) is 9.01. The molecule has 0 saturated carbocycles. The minimum absolute atomic E-state index is 0.504. The number of fused-ring (bicyclic) bond motifs is 1. The number of rotatable bonds is 4. The van der Waals surface area contributed by atoms with Crippen LogP contribution in [-0.4, -0.2) is 21.8 Å². The Kier molecular flexibility index (Phi) is 3.84. The average molecular weight is 295 g/mol. The maximum Gasteiger partial charge on any atom is 0.119 e. The van der Waals surface area contributed by atoms with Crippen LogP contribution in [0.5, 0.6) is 5.75 Å². The largest absolute Gasteiger partial charge is 0.493 e. The SMILES string of the molecule is Cc1cc2[nH]nc(-c3cccc(OCC(C)C)c3)c2c(C)n1. The van der Waals surface area contributed by atoms with Crippen LogP contribution in [0.3, 0.4) is 0 Å². The lowest BCUT2D eigenvalue weighted by molar-refractivity contribution is 0.271. The first-order chi connectivity index (χ1) is 10.5. The third kappa shape index (κ3) is 2.82. The highest BCUT2D eigenvalue weighted by Crippen LogP contribution is 2.30. The summed E-state index contributed by atoms with van der Waals surface area (Å²) in [6.07, 6.45) is 0. The Hall–Kier alpha value is -2.36. The second-order valence-electron chi connectivity index (χ2n) is 6.08. The van der Waals surface area contributed by atoms with E-state index in [1.807, 2.05) is 38.1 Å². The normalized spacial score (nSPS) is 11.3. The summed E-state index contributed by atoms with van der Waals surface area (Å²) in [6, 6.07) is 10.1. The predicted molar refractivity (Wildman–Crippen MR) is 89.1 cm³/mol. The number of benzene rings is 1. The van der Waals surface area contributed by atoms with Crippen LogP contribution in [0.4, 0.5) is 0 Å². The smallest absolute Gasteiger partial charge is 0.119 e. The Morgan fingerprint density at radius 3 is 2.77 bits per heavy atom. The minimum atomic E-state index is 0.504. The van der Waals surface area contributed by atoms with Gasteiger partial charge in [0, 0.05) is 22.3 Å². The van der Waals surface area contributed by atoms with E-state index in [9.17, 15) is 0 Å². The van der Waals surface area contributed by atoms with Crippen LogP contribution in [0.25, 0.3) is 22.2 Å². The van der Waals surface area contributed by atoms with Crippen LogP contribution < -0.4 is 4.74 Å². The van der Waals surface area contributed by atoms with Crippen molar-refractivity contribution < 1.29 is 4.74 Å². The van der Waals surface area contributed by atoms with E-state index < -0.39 is 0 Å². The molecule has 1 aromatic carbocycles. The lowest BCUT2D eigenvalue weighted by Gasteiger charge is -2.09. The third-order valence-corrected chi connectivity index (χ3v) is 3.54. The highest BCUT2D eigenvalue weighted by molar-refractivity contribution is 5.94. The molecule has 0 radical (unpaired) electrons. The molecule has 0 saturated heterocycles. The standard InChI is InChI=1S/C18H21N3O/c1-11(2)10-22-15-7-5-6-14(9-15)18-17-13(4)19-12(3)8-16(17)20-21-18/h5-9,11H,10H2,1-4H3,(H,20,21). The molecule has 0 amide bonds. The molecule has 0 bridgehead atoms. The molecule has 4 nitrogen and oxygen atoms in total. The number of pyridine rings is 1. The van der Waals surface area contributed by atoms with Crippen molar-refractivity contribution in [1.29, 1.82) is 0 Å². The molecule has 3 rings (SSSR count). The molecular formula is C18H21N3O. The van der Waals surface area contributed by atoms with Gasteiger partial charge < -0.3 is 4.74 Å². The van der Waals surface area contributed by atoms with Crippen LogP contribution in [0.1, 0.15) is 25.2 Å². The summed E-state index contributed by atoms with van der Waals surface area (Å²) in [5.74, 6) is 1.38. The van der Waals surface area contributed by atoms with Gasteiger partial charge in [0.15, 0.2) is 0 Å². The first-order valence-electron chi connectivity index (χ1n) is 7.60. The maximum absolute atomic E-state index is 5.81. The number of hydrogen-bond acceptors (Lipinski definition) is 3. The van der Waals surface area contributed by atoms with E-state index >= 15 is 0 Å². The number of aromatic amines is 1. The highest BCUT2D eigenvalue weighted by Gasteiger charge is 2.12. The van der Waals surface area contributed by atoms with Gasteiger partial charge >= 0.3 is 0 Å². The first-order valence-corrected chi connectivity index (χ1v) is 7.60. The van der Waals surface area contributed by atoms with Crippen molar-refractivity contribution in [3.8, 4) is 17.0 Å². The summed E-state index contributed by atoms with van der Waals surface area (Å²) in [4.78, 5) is 4.55. The van der Waals surface area contributed by atoms with E-state index in [0.29, 0.717) is 12.5 Å². The maximum atomic E-state index is 5.81. The van der Waals surface area contributed by atoms with Crippen molar-refractivity contribution in [2.24, 2.45) is 5.92 Å². The zero-order valence-electron chi connectivity index (χ0n) is 13.5. The number of nitrogens with one attached hydrogen (secondary N) is 1. The number of H-pyrrole nitrogens is 1. The van der Waals surface area contributed by atoms with Crippen molar-refractivity contribution >= 4 is 10.9 Å². The number of hydrogen-bond donors (Lipinski definition) is 1. The van der Waals surface area contributed by atoms with Crippen molar-refractivity contribution in [3.05, 3.63) is 41.7 Å². The van der Waals surface area contributed by atoms with Crippen molar-refractivity contribution in [2.45, 2.75) is 27.7 Å². The molecule has 3 aromatic rings. The molecule has 0 aliphatic heterocycles. The average Bonchev–Trinajstić information content (AvgIpc) is 2.89. The molecule has 114 valence electrons. The Morgan fingerprint density at radius 2 is 2.00 bits per heavy atom. The van der Waals surface area contributed by atoms with Crippen LogP contribution >= 0.6 is 0 Å². The van der Waals surface area contributed by atoms with Gasteiger partial charge in [0.25, 0.3) is 0 Å². The van der Waals surface area contributed by atoms with E-state index in [4.69, 9.17) is 4.74 Å². The molecule has 0 atom stereocenters. The molecule has 0 aliphatic rings. The third-order valence-electron chi connectivity index (χ3n) is 3.54. The Labute approximate surface area is 130 Å². The molecule has 1 N–H and O–H groups in total. The molecule has 2 heterocycles. The van der Waals surface area contributed by atoms with Gasteiger partial charge in [-0.1, -0.05) is 26.0 Å². The van der Waals surface area contributed by atoms with Crippen LogP contribution in [0, 0.1) is 19.8 Å². The first kappa shape index (κ1) is 14.6. The van der Waals surface area contributed by atoms with Gasteiger partial charge in [-0.25, -0.2) is 0 Å². The Bertz CT molecular complexity index is 805. The molecule has 0 spiro atoms. The molecular weight excluding hydrogens is 274 g/mol. The van der Waals surface area contributed by atoms with Crippen molar-refractivity contribution in [1.82, 2.24) is 15.2 Å². The molecule has 2 aromatic heterocycles. The highest BCUT2D eigenvalue weighted by atomic mass is 16.5. The van der Waals surface area contributed by atoms with Gasteiger partial charge in [0.05, 0.1) is 12.1 Å². The van der Waals surface area contributed by atoms with Gasteiger partial charge in [-0.15, -0.1) is 0 Å². The molecule has 0 aliphatic carbocycles. The fourth-order valence-electron chi connectivity index (χ4n) is 2.59. The predicted octanol–water partition coefficient (Wildman–Crippen LogP) is 4.28. The second-order valence-corrected chi connectivity index (χ2v) is 6.08. The van der Waals surface area contributed by atoms with Gasteiger partial charge in [-0.2, -0.15) is 5.10 Å². The number of aromatic nitrogens is 3. The molecule has 4 heteroatoms. The van der Waals surface area contributed by atoms with E-state index in [1.54, 1.807) is 0 Å². The zero-order valence-corrected chi connectivity index (χ0v) is 13.5. The zero-order chi connectivity index (χ0) is 15.7. The van der Waals surface area contributed by atoms with Gasteiger partial charge in [-0.05, 0) is 38.0 Å². The monoisotopic (exact) mass is 295 g/mol. The van der Waals surface area contributed by atoms with E-state index in [1.165, 1.54) is 0 Å². The fourth-order valence-corrected chi connectivity index (χ4v) is 2.59. The molecule has 0 fully saturated rings. The minimum Gasteiger partial charge on any atom is -0.493 e. The number of aryl methyl sites for hydroxylation is 2. The topological polar surface area (TPSA) is 50.8 Å². The molecule has 22 heavy (non-hydrogen) atoms. The lowest BCUT2D eigenvalue weighted by Crippen LogP contribution is -2.04. The van der Waals surface area contributed by atoms with E-state index in [2.05, 4.69) is 35.1 Å². The van der Waals surface area contributed by atoms with Crippen LogP contribution in [0.15, 0.2) is 30.3 Å². The summed E-state index contributed by atoms with van der Waals surface area (Å²) < 4.78 is 5.81. The quantitative estimate of drug-likeness (QED) is 0.781. The summed E-state index contributed by atoms with van der Waals surface area (Å²) in [7, 11) is 0.